The monoisotopic (exact) mass is 233 g/mol. The number of hydrogen-bond donors (Lipinski definition) is 0. The van der Waals surface area contributed by atoms with Crippen molar-refractivity contribution in [3.05, 3.63) is 30.6 Å². The van der Waals surface area contributed by atoms with E-state index >= 15 is 0 Å². The molecule has 0 saturated carbocycles. The smallest absolute Gasteiger partial charge is 0.247 e. The molecule has 5 heteroatoms. The highest BCUT2D eigenvalue weighted by atomic mass is 16.7. The molecule has 1 aromatic carbocycles. The van der Waals surface area contributed by atoms with Crippen molar-refractivity contribution in [2.24, 2.45) is 0 Å². The number of imidazole rings is 1. The van der Waals surface area contributed by atoms with Crippen molar-refractivity contribution in [2.75, 3.05) is 14.2 Å². The van der Waals surface area contributed by atoms with Crippen LogP contribution >= 0.6 is 0 Å². The standard InChI is InChI=1S/C12H15N3O2/c1-14(17-2)12(16)7-8-15-9-13-10-5-3-4-6-11(10)15/h3-6,9H,7-8H2,1-2H3. The Bertz CT molecular complexity index is 521. The Morgan fingerprint density at radius 3 is 3.00 bits per heavy atom. The molecule has 5 nitrogen and oxygen atoms in total. The van der Waals surface area contributed by atoms with Crippen molar-refractivity contribution in [3.63, 3.8) is 0 Å². The minimum Gasteiger partial charge on any atom is -0.330 e. The fourth-order valence-corrected chi connectivity index (χ4v) is 1.66. The maximum absolute atomic E-state index is 11.6. The van der Waals surface area contributed by atoms with Gasteiger partial charge in [0, 0.05) is 20.0 Å². The maximum Gasteiger partial charge on any atom is 0.247 e. The van der Waals surface area contributed by atoms with Crippen LogP contribution in [-0.4, -0.2) is 34.7 Å². The van der Waals surface area contributed by atoms with Gasteiger partial charge in [0.15, 0.2) is 0 Å². The lowest BCUT2D eigenvalue weighted by Gasteiger charge is -2.13. The number of fused-ring (bicyclic) bond motifs is 1. The summed E-state index contributed by atoms with van der Waals surface area (Å²) >= 11 is 0. The van der Waals surface area contributed by atoms with Crippen molar-refractivity contribution in [1.82, 2.24) is 14.6 Å². The first kappa shape index (κ1) is 11.6. The molecule has 1 aromatic heterocycles. The summed E-state index contributed by atoms with van der Waals surface area (Å²) in [5, 5.41) is 1.24. The van der Waals surface area contributed by atoms with E-state index in [1.54, 1.807) is 13.4 Å². The molecule has 17 heavy (non-hydrogen) atoms. The highest BCUT2D eigenvalue weighted by Crippen LogP contribution is 2.12. The molecule has 0 saturated heterocycles. The SMILES string of the molecule is CON(C)C(=O)CCn1cnc2ccccc21. The molecule has 0 aliphatic rings. The summed E-state index contributed by atoms with van der Waals surface area (Å²) in [7, 11) is 3.08. The number of amides is 1. The van der Waals surface area contributed by atoms with Gasteiger partial charge >= 0.3 is 0 Å². The highest BCUT2D eigenvalue weighted by Gasteiger charge is 2.09. The molecule has 2 rings (SSSR count). The van der Waals surface area contributed by atoms with Gasteiger partial charge in [-0.2, -0.15) is 0 Å². The van der Waals surface area contributed by atoms with E-state index in [9.17, 15) is 4.79 Å². The van der Waals surface area contributed by atoms with Crippen molar-refractivity contribution in [2.45, 2.75) is 13.0 Å². The van der Waals surface area contributed by atoms with E-state index in [0.717, 1.165) is 11.0 Å². The van der Waals surface area contributed by atoms with Gasteiger partial charge in [-0.05, 0) is 12.1 Å². The minimum atomic E-state index is -0.0507. The molecule has 0 bridgehead atoms. The van der Waals surface area contributed by atoms with Gasteiger partial charge in [0.05, 0.1) is 24.5 Å². The number of hydrogen-bond acceptors (Lipinski definition) is 3. The van der Waals surface area contributed by atoms with Crippen LogP contribution < -0.4 is 0 Å². The molecule has 0 aliphatic heterocycles. The largest absolute Gasteiger partial charge is 0.330 e. The Hall–Kier alpha value is -1.88. The number of carbonyl (C=O) groups excluding carboxylic acids is 1. The first-order valence-corrected chi connectivity index (χ1v) is 5.43. The quantitative estimate of drug-likeness (QED) is 0.751. The average molecular weight is 233 g/mol. The van der Waals surface area contributed by atoms with Crippen molar-refractivity contribution >= 4 is 16.9 Å². The van der Waals surface area contributed by atoms with Gasteiger partial charge in [0.25, 0.3) is 0 Å². The van der Waals surface area contributed by atoms with Crippen molar-refractivity contribution in [1.29, 1.82) is 0 Å². The number of rotatable bonds is 4. The Labute approximate surface area is 99.6 Å². The molecule has 0 atom stereocenters. The molecule has 0 spiro atoms. The van der Waals surface area contributed by atoms with Crippen LogP contribution in [0.3, 0.4) is 0 Å². The number of benzene rings is 1. The van der Waals surface area contributed by atoms with E-state index in [1.807, 2.05) is 28.8 Å². The van der Waals surface area contributed by atoms with E-state index in [1.165, 1.54) is 12.2 Å². The number of aryl methyl sites for hydroxylation is 1. The molecular formula is C12H15N3O2. The third-order valence-electron chi connectivity index (χ3n) is 2.72. The molecule has 1 heterocycles. The molecule has 90 valence electrons. The Kier molecular flexibility index (Phi) is 3.39. The lowest BCUT2D eigenvalue weighted by molar-refractivity contribution is -0.168. The fourth-order valence-electron chi connectivity index (χ4n) is 1.66. The van der Waals surface area contributed by atoms with E-state index < -0.39 is 0 Å². The zero-order valence-corrected chi connectivity index (χ0v) is 9.96. The van der Waals surface area contributed by atoms with Gasteiger partial charge in [0.2, 0.25) is 5.91 Å². The normalized spacial score (nSPS) is 10.7. The molecule has 0 fully saturated rings. The minimum absolute atomic E-state index is 0.0507. The lowest BCUT2D eigenvalue weighted by Crippen LogP contribution is -2.26. The predicted molar refractivity (Wildman–Crippen MR) is 64.1 cm³/mol. The van der Waals surface area contributed by atoms with Gasteiger partial charge < -0.3 is 4.57 Å². The van der Waals surface area contributed by atoms with E-state index in [0.29, 0.717) is 13.0 Å². The highest BCUT2D eigenvalue weighted by molar-refractivity contribution is 5.76. The maximum atomic E-state index is 11.6. The zero-order valence-electron chi connectivity index (χ0n) is 9.96. The van der Waals surface area contributed by atoms with Gasteiger partial charge in [0.1, 0.15) is 0 Å². The van der Waals surface area contributed by atoms with Crippen LogP contribution in [0.5, 0.6) is 0 Å². The Morgan fingerprint density at radius 1 is 1.47 bits per heavy atom. The summed E-state index contributed by atoms with van der Waals surface area (Å²) in [6.07, 6.45) is 2.15. The predicted octanol–water partition coefficient (Wildman–Crippen LogP) is 1.45. The van der Waals surface area contributed by atoms with Gasteiger partial charge in [-0.1, -0.05) is 12.1 Å². The number of nitrogens with zero attached hydrogens (tertiary/aromatic N) is 3. The fraction of sp³-hybridized carbons (Fsp3) is 0.333. The van der Waals surface area contributed by atoms with Crippen LogP contribution in [0.2, 0.25) is 0 Å². The second-order valence-corrected chi connectivity index (χ2v) is 3.75. The Morgan fingerprint density at radius 2 is 2.24 bits per heavy atom. The van der Waals surface area contributed by atoms with Crippen LogP contribution in [0.25, 0.3) is 11.0 Å². The summed E-state index contributed by atoms with van der Waals surface area (Å²) < 4.78 is 1.97. The third-order valence-corrected chi connectivity index (χ3v) is 2.72. The zero-order chi connectivity index (χ0) is 12.3. The van der Waals surface area contributed by atoms with Crippen LogP contribution in [-0.2, 0) is 16.2 Å². The number of para-hydroxylation sites is 2. The average Bonchev–Trinajstić information content (AvgIpc) is 2.78. The van der Waals surface area contributed by atoms with Gasteiger partial charge in [-0.15, -0.1) is 0 Å². The molecule has 2 aromatic rings. The van der Waals surface area contributed by atoms with Crippen molar-refractivity contribution in [3.8, 4) is 0 Å². The number of hydroxylamine groups is 2. The summed E-state index contributed by atoms with van der Waals surface area (Å²) in [5.74, 6) is -0.0507. The second-order valence-electron chi connectivity index (χ2n) is 3.75. The Balaban J connectivity index is 2.07. The molecule has 0 radical (unpaired) electrons. The summed E-state index contributed by atoms with van der Waals surface area (Å²) in [4.78, 5) is 20.7. The molecule has 0 aliphatic carbocycles. The lowest BCUT2D eigenvalue weighted by atomic mass is 10.3. The van der Waals surface area contributed by atoms with Crippen molar-refractivity contribution < 1.29 is 9.63 Å². The summed E-state index contributed by atoms with van der Waals surface area (Å²) in [5.41, 5.74) is 1.99. The van der Waals surface area contributed by atoms with Gasteiger partial charge in [-0.3, -0.25) is 9.63 Å². The van der Waals surface area contributed by atoms with Gasteiger partial charge in [-0.25, -0.2) is 10.0 Å². The summed E-state index contributed by atoms with van der Waals surface area (Å²) in [6.45, 7) is 0.604. The van der Waals surface area contributed by atoms with Crippen LogP contribution in [0.1, 0.15) is 6.42 Å². The molecule has 1 amide bonds. The first-order valence-electron chi connectivity index (χ1n) is 5.43. The van der Waals surface area contributed by atoms with Crippen LogP contribution in [0.15, 0.2) is 30.6 Å². The van der Waals surface area contributed by atoms with Crippen LogP contribution in [0.4, 0.5) is 0 Å². The second kappa shape index (κ2) is 4.97. The summed E-state index contributed by atoms with van der Waals surface area (Å²) in [6, 6.07) is 7.86. The molecular weight excluding hydrogens is 218 g/mol. The number of aromatic nitrogens is 2. The van der Waals surface area contributed by atoms with E-state index in [2.05, 4.69) is 4.98 Å². The third kappa shape index (κ3) is 2.45. The topological polar surface area (TPSA) is 47.4 Å². The van der Waals surface area contributed by atoms with E-state index in [-0.39, 0.29) is 5.91 Å². The van der Waals surface area contributed by atoms with E-state index in [4.69, 9.17) is 4.84 Å². The number of carbonyl (C=O) groups is 1. The van der Waals surface area contributed by atoms with Crippen LogP contribution in [0, 0.1) is 0 Å². The molecule has 0 unspecified atom stereocenters. The first-order chi connectivity index (χ1) is 8.22. The molecule has 0 N–H and O–H groups in total.